The van der Waals surface area contributed by atoms with Gasteiger partial charge in [-0.05, 0) is 42.2 Å². The molecule has 0 atom stereocenters. The molecule has 0 amide bonds. The molecule has 1 aliphatic carbocycles. The van der Waals surface area contributed by atoms with Gasteiger partial charge in [-0.1, -0.05) is 70.2 Å². The molecule has 0 heteroatoms. The van der Waals surface area contributed by atoms with Gasteiger partial charge in [-0.25, -0.2) is 0 Å². The van der Waals surface area contributed by atoms with Crippen LogP contribution in [-0.2, 0) is 12.8 Å². The van der Waals surface area contributed by atoms with Gasteiger partial charge in [0.05, 0.1) is 0 Å². The molecular formula is C18H28. The van der Waals surface area contributed by atoms with E-state index in [1.54, 1.807) is 11.1 Å². The van der Waals surface area contributed by atoms with Crippen LogP contribution in [0.5, 0.6) is 0 Å². The monoisotopic (exact) mass is 244 g/mol. The fraction of sp³-hybridized carbons (Fsp3) is 0.667. The molecule has 0 heterocycles. The van der Waals surface area contributed by atoms with Crippen molar-refractivity contribution in [2.24, 2.45) is 11.8 Å². The second kappa shape index (κ2) is 6.97. The standard InChI is InChI=1S/C18H28/c1-15(2)14-18-11-7-6-10-17(18)13-12-16-8-4-3-5-9-16/h6-7,10-11,15-16H,3-5,8-9,12-14H2,1-2H3. The maximum Gasteiger partial charge on any atom is -0.0253 e. The summed E-state index contributed by atoms with van der Waals surface area (Å²) in [5.41, 5.74) is 3.19. The highest BCUT2D eigenvalue weighted by atomic mass is 14.2. The van der Waals surface area contributed by atoms with E-state index in [2.05, 4.69) is 38.1 Å². The average Bonchev–Trinajstić information content (AvgIpc) is 2.38. The van der Waals surface area contributed by atoms with Crippen LogP contribution in [0.4, 0.5) is 0 Å². The first-order valence-corrected chi connectivity index (χ1v) is 7.82. The third-order valence-corrected chi connectivity index (χ3v) is 4.29. The lowest BCUT2D eigenvalue weighted by atomic mass is 9.84. The van der Waals surface area contributed by atoms with Crippen molar-refractivity contribution in [2.45, 2.75) is 65.2 Å². The lowest BCUT2D eigenvalue weighted by Crippen LogP contribution is -2.08. The zero-order valence-electron chi connectivity index (χ0n) is 12.1. The van der Waals surface area contributed by atoms with Crippen molar-refractivity contribution in [2.75, 3.05) is 0 Å². The molecule has 1 aromatic rings. The van der Waals surface area contributed by atoms with Crippen LogP contribution in [-0.4, -0.2) is 0 Å². The van der Waals surface area contributed by atoms with Crippen molar-refractivity contribution in [1.82, 2.24) is 0 Å². The lowest BCUT2D eigenvalue weighted by Gasteiger charge is -2.22. The summed E-state index contributed by atoms with van der Waals surface area (Å²) >= 11 is 0. The van der Waals surface area contributed by atoms with Crippen LogP contribution in [0, 0.1) is 11.8 Å². The summed E-state index contributed by atoms with van der Waals surface area (Å²) in [5, 5.41) is 0. The van der Waals surface area contributed by atoms with Gasteiger partial charge in [0, 0.05) is 0 Å². The minimum atomic E-state index is 0.765. The fourth-order valence-corrected chi connectivity index (χ4v) is 3.28. The Morgan fingerprint density at radius 1 is 1.00 bits per heavy atom. The third kappa shape index (κ3) is 4.15. The predicted molar refractivity (Wildman–Crippen MR) is 79.9 cm³/mol. The van der Waals surface area contributed by atoms with Crippen LogP contribution in [0.25, 0.3) is 0 Å². The highest BCUT2D eigenvalue weighted by Crippen LogP contribution is 2.28. The van der Waals surface area contributed by atoms with E-state index in [9.17, 15) is 0 Å². The van der Waals surface area contributed by atoms with Crippen molar-refractivity contribution in [1.29, 1.82) is 0 Å². The summed E-state index contributed by atoms with van der Waals surface area (Å²) in [6, 6.07) is 9.08. The average molecular weight is 244 g/mol. The van der Waals surface area contributed by atoms with Gasteiger partial charge < -0.3 is 0 Å². The van der Waals surface area contributed by atoms with Gasteiger partial charge in [-0.3, -0.25) is 0 Å². The maximum absolute atomic E-state index is 2.35. The van der Waals surface area contributed by atoms with Crippen molar-refractivity contribution in [3.05, 3.63) is 35.4 Å². The van der Waals surface area contributed by atoms with Crippen LogP contribution in [0.1, 0.15) is 63.5 Å². The zero-order chi connectivity index (χ0) is 12.8. The molecule has 1 aromatic carbocycles. The Balaban J connectivity index is 1.91. The second-order valence-electron chi connectivity index (χ2n) is 6.41. The van der Waals surface area contributed by atoms with E-state index >= 15 is 0 Å². The summed E-state index contributed by atoms with van der Waals surface area (Å²) in [7, 11) is 0. The smallest absolute Gasteiger partial charge is 0.0253 e. The minimum absolute atomic E-state index is 0.765. The van der Waals surface area contributed by atoms with Crippen molar-refractivity contribution in [3.63, 3.8) is 0 Å². The molecule has 1 fully saturated rings. The topological polar surface area (TPSA) is 0 Å². The van der Waals surface area contributed by atoms with Gasteiger partial charge in [-0.2, -0.15) is 0 Å². The van der Waals surface area contributed by atoms with E-state index in [0.29, 0.717) is 0 Å². The summed E-state index contributed by atoms with van der Waals surface area (Å²) in [4.78, 5) is 0. The zero-order valence-corrected chi connectivity index (χ0v) is 12.1. The molecule has 18 heavy (non-hydrogen) atoms. The molecule has 0 aliphatic heterocycles. The molecule has 1 aliphatic rings. The highest BCUT2D eigenvalue weighted by molar-refractivity contribution is 5.27. The first kappa shape index (κ1) is 13.6. The Kier molecular flexibility index (Phi) is 5.28. The molecule has 2 rings (SSSR count). The molecule has 0 unspecified atom stereocenters. The normalized spacial score (nSPS) is 17.3. The van der Waals surface area contributed by atoms with Crippen LogP contribution in [0.2, 0.25) is 0 Å². The highest BCUT2D eigenvalue weighted by Gasteiger charge is 2.14. The Morgan fingerprint density at radius 3 is 2.33 bits per heavy atom. The Bertz CT molecular complexity index is 345. The van der Waals surface area contributed by atoms with Gasteiger partial charge in [0.1, 0.15) is 0 Å². The molecule has 0 bridgehead atoms. The number of benzene rings is 1. The van der Waals surface area contributed by atoms with Gasteiger partial charge in [0.25, 0.3) is 0 Å². The predicted octanol–water partition coefficient (Wildman–Crippen LogP) is 5.40. The molecule has 0 N–H and O–H groups in total. The van der Waals surface area contributed by atoms with Crippen LogP contribution in [0.3, 0.4) is 0 Å². The van der Waals surface area contributed by atoms with Gasteiger partial charge >= 0.3 is 0 Å². The Labute approximate surface area is 113 Å². The van der Waals surface area contributed by atoms with Crippen molar-refractivity contribution < 1.29 is 0 Å². The minimum Gasteiger partial charge on any atom is -0.0625 e. The fourth-order valence-electron chi connectivity index (χ4n) is 3.28. The molecule has 0 saturated heterocycles. The van der Waals surface area contributed by atoms with E-state index in [1.807, 2.05) is 0 Å². The molecule has 100 valence electrons. The van der Waals surface area contributed by atoms with Crippen LogP contribution < -0.4 is 0 Å². The van der Waals surface area contributed by atoms with Gasteiger partial charge in [0.15, 0.2) is 0 Å². The number of aryl methyl sites for hydroxylation is 1. The largest absolute Gasteiger partial charge is 0.0625 e. The van der Waals surface area contributed by atoms with Crippen molar-refractivity contribution >= 4 is 0 Å². The Hall–Kier alpha value is -0.780. The van der Waals surface area contributed by atoms with Crippen molar-refractivity contribution in [3.8, 4) is 0 Å². The summed E-state index contributed by atoms with van der Waals surface area (Å²) in [6.07, 6.45) is 11.3. The molecule has 0 nitrogen and oxygen atoms in total. The molecule has 0 radical (unpaired) electrons. The lowest BCUT2D eigenvalue weighted by molar-refractivity contribution is 0.339. The summed E-state index contributed by atoms with van der Waals surface area (Å²) in [5.74, 6) is 1.77. The molecule has 0 aromatic heterocycles. The third-order valence-electron chi connectivity index (χ3n) is 4.29. The quantitative estimate of drug-likeness (QED) is 0.650. The number of hydrogen-bond acceptors (Lipinski definition) is 0. The van der Waals surface area contributed by atoms with E-state index < -0.39 is 0 Å². The first-order chi connectivity index (χ1) is 8.75. The van der Waals surface area contributed by atoms with E-state index in [1.165, 1.54) is 51.4 Å². The molecule has 1 saturated carbocycles. The number of hydrogen-bond donors (Lipinski definition) is 0. The Morgan fingerprint density at radius 2 is 1.67 bits per heavy atom. The summed E-state index contributed by atoms with van der Waals surface area (Å²) < 4.78 is 0. The first-order valence-electron chi connectivity index (χ1n) is 7.82. The van der Waals surface area contributed by atoms with Crippen LogP contribution in [0.15, 0.2) is 24.3 Å². The summed E-state index contributed by atoms with van der Waals surface area (Å²) in [6.45, 7) is 4.63. The molecular weight excluding hydrogens is 216 g/mol. The SMILES string of the molecule is CC(C)Cc1ccccc1CCC1CCCCC1. The number of rotatable bonds is 5. The van der Waals surface area contributed by atoms with Crippen LogP contribution >= 0.6 is 0 Å². The van der Waals surface area contributed by atoms with Gasteiger partial charge in [0.2, 0.25) is 0 Å². The molecule has 0 spiro atoms. The van der Waals surface area contributed by atoms with E-state index in [-0.39, 0.29) is 0 Å². The van der Waals surface area contributed by atoms with E-state index in [0.717, 1.165) is 11.8 Å². The second-order valence-corrected chi connectivity index (χ2v) is 6.41. The van der Waals surface area contributed by atoms with E-state index in [4.69, 9.17) is 0 Å². The maximum atomic E-state index is 2.35. The van der Waals surface area contributed by atoms with Gasteiger partial charge in [-0.15, -0.1) is 0 Å².